The molecule has 0 aliphatic rings. The van der Waals surface area contributed by atoms with Crippen molar-refractivity contribution in [1.29, 1.82) is 0 Å². The summed E-state index contributed by atoms with van der Waals surface area (Å²) in [7, 11) is 1.87. The molecule has 4 heteroatoms. The van der Waals surface area contributed by atoms with Gasteiger partial charge in [0.2, 0.25) is 0 Å². The first kappa shape index (κ1) is 10.6. The molecule has 2 N–H and O–H groups in total. The quantitative estimate of drug-likeness (QED) is 0.816. The second-order valence-corrected chi connectivity index (χ2v) is 3.45. The van der Waals surface area contributed by atoms with E-state index in [1.165, 1.54) is 0 Å². The molecule has 2 rings (SSSR count). The summed E-state index contributed by atoms with van der Waals surface area (Å²) in [5.41, 5.74) is 1.74. The fourth-order valence-electron chi connectivity index (χ4n) is 1.46. The number of nitrogens with one attached hydrogen (secondary N) is 1. The van der Waals surface area contributed by atoms with E-state index >= 15 is 0 Å². The average molecular weight is 215 g/mol. The number of aromatic nitrogens is 2. The molecule has 2 aromatic rings. The monoisotopic (exact) mass is 215 g/mol. The van der Waals surface area contributed by atoms with Gasteiger partial charge in [0.1, 0.15) is 5.75 Å². The SMILES string of the molecule is CNCc1ccnc(-c2cccc(O)c2)n1. The van der Waals surface area contributed by atoms with Crippen LogP contribution in [-0.4, -0.2) is 22.1 Å². The number of benzene rings is 1. The molecule has 0 aliphatic heterocycles. The van der Waals surface area contributed by atoms with Gasteiger partial charge in [-0.05, 0) is 25.2 Å². The van der Waals surface area contributed by atoms with E-state index < -0.39 is 0 Å². The molecule has 0 spiro atoms. The predicted molar refractivity (Wildman–Crippen MR) is 61.9 cm³/mol. The van der Waals surface area contributed by atoms with Crippen LogP contribution < -0.4 is 5.32 Å². The minimum absolute atomic E-state index is 0.222. The second kappa shape index (κ2) is 4.72. The molecule has 0 saturated carbocycles. The Balaban J connectivity index is 2.36. The Morgan fingerprint density at radius 2 is 2.19 bits per heavy atom. The summed E-state index contributed by atoms with van der Waals surface area (Å²) in [5.74, 6) is 0.851. The Bertz CT molecular complexity index is 485. The zero-order valence-electron chi connectivity index (χ0n) is 9.01. The Kier molecular flexibility index (Phi) is 3.12. The third-order valence-corrected chi connectivity index (χ3v) is 2.18. The first-order valence-electron chi connectivity index (χ1n) is 5.05. The maximum absolute atomic E-state index is 9.38. The van der Waals surface area contributed by atoms with E-state index in [0.29, 0.717) is 12.4 Å². The predicted octanol–water partition coefficient (Wildman–Crippen LogP) is 1.57. The normalized spacial score (nSPS) is 10.3. The van der Waals surface area contributed by atoms with Crippen LogP contribution in [0.4, 0.5) is 0 Å². The van der Waals surface area contributed by atoms with Crippen LogP contribution in [0.15, 0.2) is 36.5 Å². The zero-order valence-corrected chi connectivity index (χ0v) is 9.01. The van der Waals surface area contributed by atoms with Gasteiger partial charge in [0.25, 0.3) is 0 Å². The van der Waals surface area contributed by atoms with Crippen LogP contribution in [0.5, 0.6) is 5.75 Å². The molecule has 0 atom stereocenters. The minimum atomic E-state index is 0.222. The van der Waals surface area contributed by atoms with Crippen LogP contribution in [0, 0.1) is 0 Å². The molecule has 0 amide bonds. The van der Waals surface area contributed by atoms with Crippen molar-refractivity contribution >= 4 is 0 Å². The van der Waals surface area contributed by atoms with Gasteiger partial charge >= 0.3 is 0 Å². The topological polar surface area (TPSA) is 58.0 Å². The fourth-order valence-corrected chi connectivity index (χ4v) is 1.46. The lowest BCUT2D eigenvalue weighted by atomic mass is 10.2. The Morgan fingerprint density at radius 3 is 2.94 bits per heavy atom. The van der Waals surface area contributed by atoms with Gasteiger partial charge in [-0.15, -0.1) is 0 Å². The van der Waals surface area contributed by atoms with Gasteiger partial charge < -0.3 is 10.4 Å². The van der Waals surface area contributed by atoms with Crippen molar-refractivity contribution in [3.63, 3.8) is 0 Å². The summed E-state index contributed by atoms with van der Waals surface area (Å²) in [6, 6.07) is 8.79. The van der Waals surface area contributed by atoms with Crippen molar-refractivity contribution < 1.29 is 5.11 Å². The number of aromatic hydroxyl groups is 1. The first-order valence-corrected chi connectivity index (χ1v) is 5.05. The van der Waals surface area contributed by atoms with Gasteiger partial charge in [0.05, 0.1) is 5.69 Å². The molecule has 1 aromatic carbocycles. The minimum Gasteiger partial charge on any atom is -0.508 e. The van der Waals surface area contributed by atoms with E-state index in [1.807, 2.05) is 19.2 Å². The van der Waals surface area contributed by atoms with Crippen LogP contribution in [0.25, 0.3) is 11.4 Å². The number of phenols is 1. The Hall–Kier alpha value is -1.94. The highest BCUT2D eigenvalue weighted by Crippen LogP contribution is 2.19. The van der Waals surface area contributed by atoms with Crippen LogP contribution in [0.1, 0.15) is 5.69 Å². The van der Waals surface area contributed by atoms with Gasteiger partial charge in [-0.1, -0.05) is 12.1 Å². The van der Waals surface area contributed by atoms with Crippen molar-refractivity contribution in [2.75, 3.05) is 7.05 Å². The van der Waals surface area contributed by atoms with Crippen LogP contribution in [0.3, 0.4) is 0 Å². The zero-order chi connectivity index (χ0) is 11.4. The van der Waals surface area contributed by atoms with E-state index in [1.54, 1.807) is 24.4 Å². The first-order chi connectivity index (χ1) is 7.79. The lowest BCUT2D eigenvalue weighted by Crippen LogP contribution is -2.07. The average Bonchev–Trinajstić information content (AvgIpc) is 2.30. The number of phenolic OH excluding ortho intramolecular Hbond substituents is 1. The maximum Gasteiger partial charge on any atom is 0.159 e. The van der Waals surface area contributed by atoms with E-state index in [0.717, 1.165) is 11.3 Å². The summed E-state index contributed by atoms with van der Waals surface area (Å²) in [6.07, 6.45) is 1.72. The molecule has 1 heterocycles. The highest BCUT2D eigenvalue weighted by Gasteiger charge is 2.02. The van der Waals surface area contributed by atoms with Crippen molar-refractivity contribution in [2.45, 2.75) is 6.54 Å². The molecule has 0 fully saturated rings. The smallest absolute Gasteiger partial charge is 0.159 e. The van der Waals surface area contributed by atoms with Gasteiger partial charge in [-0.3, -0.25) is 0 Å². The van der Waals surface area contributed by atoms with Gasteiger partial charge in [0, 0.05) is 18.3 Å². The fraction of sp³-hybridized carbons (Fsp3) is 0.167. The number of rotatable bonds is 3. The molecule has 0 saturated heterocycles. The van der Waals surface area contributed by atoms with Gasteiger partial charge in [0.15, 0.2) is 5.82 Å². The van der Waals surface area contributed by atoms with Crippen molar-refractivity contribution in [2.24, 2.45) is 0 Å². The molecule has 1 aromatic heterocycles. The van der Waals surface area contributed by atoms with Crippen LogP contribution in [-0.2, 0) is 6.54 Å². The maximum atomic E-state index is 9.38. The number of nitrogens with zero attached hydrogens (tertiary/aromatic N) is 2. The third-order valence-electron chi connectivity index (χ3n) is 2.18. The van der Waals surface area contributed by atoms with Gasteiger partial charge in [-0.2, -0.15) is 0 Å². The van der Waals surface area contributed by atoms with Crippen LogP contribution in [0.2, 0.25) is 0 Å². The highest BCUT2D eigenvalue weighted by atomic mass is 16.3. The van der Waals surface area contributed by atoms with Crippen molar-refractivity contribution in [3.8, 4) is 17.1 Å². The number of hydrogen-bond acceptors (Lipinski definition) is 4. The summed E-state index contributed by atoms with van der Waals surface area (Å²) < 4.78 is 0. The molecule has 0 aliphatic carbocycles. The summed E-state index contributed by atoms with van der Waals surface area (Å²) in [5, 5.41) is 12.4. The third kappa shape index (κ3) is 2.35. The molecule has 0 bridgehead atoms. The summed E-state index contributed by atoms with van der Waals surface area (Å²) in [4.78, 5) is 8.57. The summed E-state index contributed by atoms with van der Waals surface area (Å²) >= 11 is 0. The lowest BCUT2D eigenvalue weighted by molar-refractivity contribution is 0.475. The Morgan fingerprint density at radius 1 is 1.31 bits per heavy atom. The molecule has 0 radical (unpaired) electrons. The molecular formula is C12H13N3O. The van der Waals surface area contributed by atoms with E-state index in [-0.39, 0.29) is 5.75 Å². The highest BCUT2D eigenvalue weighted by molar-refractivity contribution is 5.57. The molecule has 0 unspecified atom stereocenters. The second-order valence-electron chi connectivity index (χ2n) is 3.45. The van der Waals surface area contributed by atoms with E-state index in [4.69, 9.17) is 0 Å². The molecular weight excluding hydrogens is 202 g/mol. The molecule has 16 heavy (non-hydrogen) atoms. The van der Waals surface area contributed by atoms with Crippen molar-refractivity contribution in [3.05, 3.63) is 42.2 Å². The van der Waals surface area contributed by atoms with E-state index in [2.05, 4.69) is 15.3 Å². The Labute approximate surface area is 94.0 Å². The van der Waals surface area contributed by atoms with E-state index in [9.17, 15) is 5.11 Å². The molecule has 4 nitrogen and oxygen atoms in total. The number of hydrogen-bond donors (Lipinski definition) is 2. The van der Waals surface area contributed by atoms with Crippen LogP contribution >= 0.6 is 0 Å². The lowest BCUT2D eigenvalue weighted by Gasteiger charge is -2.03. The summed E-state index contributed by atoms with van der Waals surface area (Å²) in [6.45, 7) is 0.703. The standard InChI is InChI=1S/C12H13N3O/c1-13-8-10-5-6-14-12(15-10)9-3-2-4-11(16)7-9/h2-7,13,16H,8H2,1H3. The largest absolute Gasteiger partial charge is 0.508 e. The van der Waals surface area contributed by atoms with Gasteiger partial charge in [-0.25, -0.2) is 9.97 Å². The molecule has 82 valence electrons. The van der Waals surface area contributed by atoms with Crippen molar-refractivity contribution in [1.82, 2.24) is 15.3 Å².